The van der Waals surface area contributed by atoms with E-state index in [2.05, 4.69) is 10.3 Å². The van der Waals surface area contributed by atoms with Gasteiger partial charge in [0.15, 0.2) is 4.96 Å². The molecule has 0 saturated heterocycles. The van der Waals surface area contributed by atoms with Crippen molar-refractivity contribution in [3.8, 4) is 5.75 Å². The van der Waals surface area contributed by atoms with Crippen LogP contribution in [0.1, 0.15) is 53.2 Å². The Balaban J connectivity index is 1.51. The standard InChI is InChI=1S/C21H23N3O3S/c1-13(2)27-15-9-7-14(8-10-15)11-22-19(25)16-12-23-21-24(20(16)26)17-5-3-4-6-18(17)28-21/h7-10,12-13H,3-6,11H2,1-2H3,(H,22,25). The molecule has 1 N–H and O–H groups in total. The number of aromatic nitrogens is 2. The van der Waals surface area contributed by atoms with E-state index in [0.717, 1.165) is 42.7 Å². The molecule has 7 heteroatoms. The Morgan fingerprint density at radius 3 is 2.75 bits per heavy atom. The van der Waals surface area contributed by atoms with Crippen LogP contribution >= 0.6 is 11.3 Å². The number of amides is 1. The van der Waals surface area contributed by atoms with Crippen molar-refractivity contribution < 1.29 is 9.53 Å². The Hall–Kier alpha value is -2.67. The van der Waals surface area contributed by atoms with Gasteiger partial charge < -0.3 is 10.1 Å². The molecule has 0 bridgehead atoms. The van der Waals surface area contributed by atoms with Crippen molar-refractivity contribution in [1.29, 1.82) is 0 Å². The van der Waals surface area contributed by atoms with E-state index in [1.165, 1.54) is 11.1 Å². The van der Waals surface area contributed by atoms with Gasteiger partial charge in [0.25, 0.3) is 11.5 Å². The Morgan fingerprint density at radius 1 is 1.25 bits per heavy atom. The average Bonchev–Trinajstić information content (AvgIpc) is 3.06. The normalized spacial score (nSPS) is 13.5. The number of ether oxygens (including phenoxy) is 1. The quantitative estimate of drug-likeness (QED) is 0.717. The number of rotatable bonds is 5. The highest BCUT2D eigenvalue weighted by Gasteiger charge is 2.21. The number of nitrogens with zero attached hydrogens (tertiary/aromatic N) is 2. The lowest BCUT2D eigenvalue weighted by atomic mass is 10.0. The number of fused-ring (bicyclic) bond motifs is 3. The fraction of sp³-hybridized carbons (Fsp3) is 0.381. The monoisotopic (exact) mass is 397 g/mol. The number of carbonyl (C=O) groups excluding carboxylic acids is 1. The van der Waals surface area contributed by atoms with E-state index in [1.807, 2.05) is 38.1 Å². The molecule has 6 nitrogen and oxygen atoms in total. The van der Waals surface area contributed by atoms with E-state index in [0.29, 0.717) is 11.5 Å². The molecule has 2 heterocycles. The summed E-state index contributed by atoms with van der Waals surface area (Å²) in [7, 11) is 0. The maximum Gasteiger partial charge on any atom is 0.271 e. The number of thiazole rings is 1. The maximum absolute atomic E-state index is 12.9. The van der Waals surface area contributed by atoms with Crippen LogP contribution in [-0.4, -0.2) is 21.4 Å². The molecule has 0 spiro atoms. The SMILES string of the molecule is CC(C)Oc1ccc(CNC(=O)c2cnc3sc4c(n3c2=O)CCCC4)cc1. The molecule has 2 aromatic heterocycles. The summed E-state index contributed by atoms with van der Waals surface area (Å²) in [5.74, 6) is 0.394. The number of carbonyl (C=O) groups is 1. The Morgan fingerprint density at radius 2 is 2.00 bits per heavy atom. The van der Waals surface area contributed by atoms with Gasteiger partial charge in [0, 0.05) is 23.3 Å². The van der Waals surface area contributed by atoms with Crippen LogP contribution in [0.25, 0.3) is 4.96 Å². The second kappa shape index (κ2) is 7.75. The fourth-order valence-corrected chi connectivity index (χ4v) is 4.63. The van der Waals surface area contributed by atoms with E-state index in [1.54, 1.807) is 15.7 Å². The van der Waals surface area contributed by atoms with Gasteiger partial charge >= 0.3 is 0 Å². The molecular weight excluding hydrogens is 374 g/mol. The molecule has 28 heavy (non-hydrogen) atoms. The van der Waals surface area contributed by atoms with Gasteiger partial charge in [-0.1, -0.05) is 12.1 Å². The Bertz CT molecular complexity index is 1070. The smallest absolute Gasteiger partial charge is 0.271 e. The number of aryl methyl sites for hydroxylation is 2. The van der Waals surface area contributed by atoms with Gasteiger partial charge in [0.2, 0.25) is 0 Å². The number of hydrogen-bond donors (Lipinski definition) is 1. The molecule has 146 valence electrons. The lowest BCUT2D eigenvalue weighted by Gasteiger charge is -2.11. The second-order valence-electron chi connectivity index (χ2n) is 7.27. The van der Waals surface area contributed by atoms with E-state index in [4.69, 9.17) is 4.74 Å². The van der Waals surface area contributed by atoms with Crippen LogP contribution in [0.3, 0.4) is 0 Å². The summed E-state index contributed by atoms with van der Waals surface area (Å²) in [4.78, 5) is 31.8. The predicted molar refractivity (Wildman–Crippen MR) is 109 cm³/mol. The summed E-state index contributed by atoms with van der Waals surface area (Å²) in [5, 5.41) is 2.82. The van der Waals surface area contributed by atoms with Crippen molar-refractivity contribution in [3.63, 3.8) is 0 Å². The predicted octanol–water partition coefficient (Wildman–Crippen LogP) is 3.35. The summed E-state index contributed by atoms with van der Waals surface area (Å²) in [6.07, 6.45) is 5.58. The van der Waals surface area contributed by atoms with Crippen molar-refractivity contribution >= 4 is 22.2 Å². The highest BCUT2D eigenvalue weighted by atomic mass is 32.1. The third-order valence-corrected chi connectivity index (χ3v) is 5.95. The van der Waals surface area contributed by atoms with Crippen molar-refractivity contribution in [2.24, 2.45) is 0 Å². The molecule has 0 radical (unpaired) electrons. The van der Waals surface area contributed by atoms with Gasteiger partial charge in [0.1, 0.15) is 11.3 Å². The van der Waals surface area contributed by atoms with Crippen molar-refractivity contribution in [1.82, 2.24) is 14.7 Å². The first-order valence-electron chi connectivity index (χ1n) is 9.59. The van der Waals surface area contributed by atoms with Gasteiger partial charge in [-0.3, -0.25) is 14.0 Å². The van der Waals surface area contributed by atoms with E-state index in [-0.39, 0.29) is 17.2 Å². The van der Waals surface area contributed by atoms with Crippen molar-refractivity contribution in [2.75, 3.05) is 0 Å². The van der Waals surface area contributed by atoms with Crippen LogP contribution in [0.2, 0.25) is 0 Å². The molecule has 0 fully saturated rings. The zero-order valence-electron chi connectivity index (χ0n) is 16.0. The van der Waals surface area contributed by atoms with E-state index >= 15 is 0 Å². The maximum atomic E-state index is 12.9. The fourth-order valence-electron chi connectivity index (χ4n) is 3.46. The molecular formula is C21H23N3O3S. The largest absolute Gasteiger partial charge is 0.491 e. The summed E-state index contributed by atoms with van der Waals surface area (Å²) in [6, 6.07) is 7.56. The molecule has 0 atom stereocenters. The van der Waals surface area contributed by atoms with Crippen molar-refractivity contribution in [2.45, 2.75) is 52.2 Å². The van der Waals surface area contributed by atoms with Crippen LogP contribution in [0, 0.1) is 0 Å². The van der Waals surface area contributed by atoms with Gasteiger partial charge in [-0.2, -0.15) is 0 Å². The minimum Gasteiger partial charge on any atom is -0.491 e. The zero-order valence-corrected chi connectivity index (χ0v) is 16.8. The van der Waals surface area contributed by atoms with Crippen LogP contribution in [0.4, 0.5) is 0 Å². The first-order valence-corrected chi connectivity index (χ1v) is 10.4. The third kappa shape index (κ3) is 3.67. The van der Waals surface area contributed by atoms with Crippen LogP contribution < -0.4 is 15.6 Å². The highest BCUT2D eigenvalue weighted by Crippen LogP contribution is 2.28. The Kier molecular flexibility index (Phi) is 5.17. The molecule has 1 aliphatic rings. The minimum absolute atomic E-state index is 0.0865. The van der Waals surface area contributed by atoms with Gasteiger partial charge in [-0.25, -0.2) is 4.98 Å². The highest BCUT2D eigenvalue weighted by molar-refractivity contribution is 7.17. The summed E-state index contributed by atoms with van der Waals surface area (Å²) in [6.45, 7) is 4.29. The molecule has 1 amide bonds. The molecule has 1 aliphatic carbocycles. The second-order valence-corrected chi connectivity index (χ2v) is 8.33. The summed E-state index contributed by atoms with van der Waals surface area (Å²) >= 11 is 1.56. The van der Waals surface area contributed by atoms with Crippen molar-refractivity contribution in [3.05, 3.63) is 62.5 Å². The minimum atomic E-state index is -0.398. The van der Waals surface area contributed by atoms with Gasteiger partial charge in [-0.05, 0) is 57.2 Å². The van der Waals surface area contributed by atoms with Gasteiger partial charge in [-0.15, -0.1) is 11.3 Å². The Labute approximate surface area is 167 Å². The lowest BCUT2D eigenvalue weighted by Crippen LogP contribution is -2.31. The zero-order chi connectivity index (χ0) is 19.7. The first kappa shape index (κ1) is 18.7. The number of hydrogen-bond acceptors (Lipinski definition) is 5. The van der Waals surface area contributed by atoms with E-state index < -0.39 is 5.91 Å². The molecule has 3 aromatic rings. The van der Waals surface area contributed by atoms with Gasteiger partial charge in [0.05, 0.1) is 6.10 Å². The average molecular weight is 398 g/mol. The molecule has 1 aromatic carbocycles. The molecule has 0 unspecified atom stereocenters. The van der Waals surface area contributed by atoms with Crippen LogP contribution in [0.5, 0.6) is 5.75 Å². The molecule has 4 rings (SSSR count). The first-order chi connectivity index (χ1) is 13.5. The van der Waals surface area contributed by atoms with Crippen LogP contribution in [-0.2, 0) is 19.4 Å². The number of benzene rings is 1. The molecule has 0 aliphatic heterocycles. The summed E-state index contributed by atoms with van der Waals surface area (Å²) in [5.41, 5.74) is 1.77. The lowest BCUT2D eigenvalue weighted by molar-refractivity contribution is 0.0949. The van der Waals surface area contributed by atoms with Crippen LogP contribution in [0.15, 0.2) is 35.3 Å². The summed E-state index contributed by atoms with van der Waals surface area (Å²) < 4.78 is 7.25. The van der Waals surface area contributed by atoms with E-state index in [9.17, 15) is 9.59 Å². The molecule has 0 saturated carbocycles. The number of nitrogens with one attached hydrogen (secondary N) is 1. The topological polar surface area (TPSA) is 72.7 Å². The third-order valence-electron chi connectivity index (χ3n) is 4.80.